The Bertz CT molecular complexity index is 641. The number of nitrogen functional groups attached to an aromatic ring is 1. The molecule has 3 N–H and O–H groups in total. The highest BCUT2D eigenvalue weighted by molar-refractivity contribution is 5.85. The maximum atomic E-state index is 12.3. The lowest BCUT2D eigenvalue weighted by Gasteiger charge is -2.19. The van der Waals surface area contributed by atoms with Gasteiger partial charge in [0.2, 0.25) is 5.91 Å². The van der Waals surface area contributed by atoms with Gasteiger partial charge in [0, 0.05) is 12.1 Å². The molecule has 1 aliphatic carbocycles. The number of carbonyl (C=O) groups is 1. The van der Waals surface area contributed by atoms with Crippen LogP contribution in [0.25, 0.3) is 0 Å². The topological polar surface area (TPSA) is 55.1 Å². The third kappa shape index (κ3) is 4.73. The summed E-state index contributed by atoms with van der Waals surface area (Å²) in [6, 6.07) is 18.1. The number of nitrogens with two attached hydrogens (primary N) is 1. The molecule has 2 aromatic carbocycles. The largest absolute Gasteiger partial charge is 0.399 e. The number of amides is 1. The van der Waals surface area contributed by atoms with Crippen LogP contribution >= 0.6 is 12.4 Å². The van der Waals surface area contributed by atoms with Crippen LogP contribution in [0.2, 0.25) is 0 Å². The van der Waals surface area contributed by atoms with Crippen LogP contribution < -0.4 is 11.1 Å². The number of hydrogen-bond acceptors (Lipinski definition) is 2. The van der Waals surface area contributed by atoms with Crippen LogP contribution in [-0.4, -0.2) is 5.91 Å². The van der Waals surface area contributed by atoms with Crippen molar-refractivity contribution in [3.8, 4) is 0 Å². The monoisotopic (exact) mass is 330 g/mol. The minimum Gasteiger partial charge on any atom is -0.399 e. The van der Waals surface area contributed by atoms with Crippen LogP contribution in [-0.2, 0) is 11.2 Å². The van der Waals surface area contributed by atoms with Gasteiger partial charge in [-0.3, -0.25) is 4.79 Å². The predicted octanol–water partition coefficient (Wildman–Crippen LogP) is 3.89. The minimum atomic E-state index is 0. The highest BCUT2D eigenvalue weighted by atomic mass is 35.5. The number of carbonyl (C=O) groups excluding carboxylic acids is 1. The molecule has 1 aliphatic rings. The van der Waals surface area contributed by atoms with E-state index in [0.717, 1.165) is 11.3 Å². The van der Waals surface area contributed by atoms with Gasteiger partial charge in [-0.1, -0.05) is 48.5 Å². The first-order valence-corrected chi connectivity index (χ1v) is 7.92. The Hall–Kier alpha value is -2.00. The van der Waals surface area contributed by atoms with Gasteiger partial charge < -0.3 is 11.1 Å². The van der Waals surface area contributed by atoms with Gasteiger partial charge in [0.15, 0.2) is 0 Å². The van der Waals surface area contributed by atoms with Crippen molar-refractivity contribution >= 4 is 24.0 Å². The van der Waals surface area contributed by atoms with E-state index in [4.69, 9.17) is 5.73 Å². The lowest BCUT2D eigenvalue weighted by Crippen LogP contribution is -2.30. The molecule has 2 aromatic rings. The van der Waals surface area contributed by atoms with Crippen LogP contribution in [0.4, 0.5) is 5.69 Å². The van der Waals surface area contributed by atoms with Crippen molar-refractivity contribution in [2.45, 2.75) is 31.7 Å². The quantitative estimate of drug-likeness (QED) is 0.789. The highest BCUT2D eigenvalue weighted by Gasteiger charge is 2.33. The molecule has 1 atom stereocenters. The van der Waals surface area contributed by atoms with Crippen molar-refractivity contribution in [2.75, 3.05) is 5.73 Å². The Kier molecular flexibility index (Phi) is 6.05. The van der Waals surface area contributed by atoms with E-state index >= 15 is 0 Å². The van der Waals surface area contributed by atoms with Crippen LogP contribution in [0.3, 0.4) is 0 Å². The number of halogens is 1. The number of para-hydroxylation sites is 1. The van der Waals surface area contributed by atoms with Gasteiger partial charge in [0.1, 0.15) is 0 Å². The fraction of sp³-hybridized carbons (Fsp3) is 0.316. The zero-order chi connectivity index (χ0) is 15.4. The van der Waals surface area contributed by atoms with Crippen LogP contribution in [0.5, 0.6) is 0 Å². The molecule has 0 aliphatic heterocycles. The van der Waals surface area contributed by atoms with E-state index in [1.54, 1.807) is 0 Å². The molecule has 0 bridgehead atoms. The van der Waals surface area contributed by atoms with E-state index in [1.165, 1.54) is 18.4 Å². The highest BCUT2D eigenvalue weighted by Crippen LogP contribution is 2.40. The number of rotatable bonds is 6. The molecule has 1 fully saturated rings. The molecular formula is C19H23ClN2O. The second-order valence-corrected chi connectivity index (χ2v) is 5.99. The van der Waals surface area contributed by atoms with Crippen LogP contribution in [0, 0.1) is 5.92 Å². The van der Waals surface area contributed by atoms with Gasteiger partial charge >= 0.3 is 0 Å². The van der Waals surface area contributed by atoms with E-state index in [-0.39, 0.29) is 24.4 Å². The molecule has 0 aromatic heterocycles. The van der Waals surface area contributed by atoms with Gasteiger partial charge in [-0.2, -0.15) is 0 Å². The standard InChI is InChI=1S/C19H22N2O.ClH/c20-17-9-5-4-6-14(17)12-13-18(22)21-19(16-10-11-16)15-7-2-1-3-8-15;/h1-9,16,19H,10-13,20H2,(H,21,22);1H. The molecule has 23 heavy (non-hydrogen) atoms. The molecule has 122 valence electrons. The molecule has 3 nitrogen and oxygen atoms in total. The third-order valence-electron chi connectivity index (χ3n) is 4.25. The van der Waals surface area contributed by atoms with Crippen molar-refractivity contribution in [1.29, 1.82) is 0 Å². The van der Waals surface area contributed by atoms with E-state index in [9.17, 15) is 4.79 Å². The Labute approximate surface area is 143 Å². The maximum absolute atomic E-state index is 12.3. The van der Waals surface area contributed by atoms with Crippen molar-refractivity contribution in [3.05, 3.63) is 65.7 Å². The molecule has 1 saturated carbocycles. The first kappa shape index (κ1) is 17.4. The summed E-state index contributed by atoms with van der Waals surface area (Å²) in [5.41, 5.74) is 8.93. The normalized spacial score (nSPS) is 14.6. The minimum absolute atomic E-state index is 0. The molecule has 0 saturated heterocycles. The number of hydrogen-bond donors (Lipinski definition) is 2. The van der Waals surface area contributed by atoms with E-state index < -0.39 is 0 Å². The fourth-order valence-electron chi connectivity index (χ4n) is 2.82. The van der Waals surface area contributed by atoms with Crippen molar-refractivity contribution < 1.29 is 4.79 Å². The van der Waals surface area contributed by atoms with E-state index in [1.807, 2.05) is 42.5 Å². The smallest absolute Gasteiger partial charge is 0.220 e. The molecular weight excluding hydrogens is 308 g/mol. The van der Waals surface area contributed by atoms with Gasteiger partial charge in [0.25, 0.3) is 0 Å². The van der Waals surface area contributed by atoms with Gasteiger partial charge in [-0.05, 0) is 42.4 Å². The molecule has 0 heterocycles. The number of benzene rings is 2. The van der Waals surface area contributed by atoms with Crippen molar-refractivity contribution in [1.82, 2.24) is 5.32 Å². The number of nitrogens with one attached hydrogen (secondary N) is 1. The first-order valence-electron chi connectivity index (χ1n) is 7.92. The summed E-state index contributed by atoms with van der Waals surface area (Å²) in [5.74, 6) is 0.692. The van der Waals surface area contributed by atoms with E-state index in [0.29, 0.717) is 18.8 Å². The summed E-state index contributed by atoms with van der Waals surface area (Å²) >= 11 is 0. The summed E-state index contributed by atoms with van der Waals surface area (Å²) < 4.78 is 0. The summed E-state index contributed by atoms with van der Waals surface area (Å²) in [4.78, 5) is 12.3. The van der Waals surface area contributed by atoms with Crippen LogP contribution in [0.15, 0.2) is 54.6 Å². The number of aryl methyl sites for hydroxylation is 1. The Balaban J connectivity index is 0.00000192. The Morgan fingerprint density at radius 1 is 1.09 bits per heavy atom. The summed E-state index contributed by atoms with van der Waals surface area (Å²) in [6.07, 6.45) is 3.56. The maximum Gasteiger partial charge on any atom is 0.220 e. The fourth-order valence-corrected chi connectivity index (χ4v) is 2.82. The second kappa shape index (κ2) is 8.02. The number of anilines is 1. The summed E-state index contributed by atoms with van der Waals surface area (Å²) in [6.45, 7) is 0. The van der Waals surface area contributed by atoms with Crippen molar-refractivity contribution in [3.63, 3.8) is 0 Å². The van der Waals surface area contributed by atoms with Crippen LogP contribution in [0.1, 0.15) is 36.4 Å². The lowest BCUT2D eigenvalue weighted by molar-refractivity contribution is -0.122. The second-order valence-electron chi connectivity index (χ2n) is 5.99. The van der Waals surface area contributed by atoms with Crippen molar-refractivity contribution in [2.24, 2.45) is 5.92 Å². The molecule has 1 amide bonds. The van der Waals surface area contributed by atoms with Gasteiger partial charge in [-0.15, -0.1) is 12.4 Å². The Morgan fingerprint density at radius 3 is 2.39 bits per heavy atom. The Morgan fingerprint density at radius 2 is 1.74 bits per heavy atom. The molecule has 1 unspecified atom stereocenters. The molecule has 4 heteroatoms. The SMILES string of the molecule is Cl.Nc1ccccc1CCC(=O)NC(c1ccccc1)C1CC1. The lowest BCUT2D eigenvalue weighted by atomic mass is 10.0. The predicted molar refractivity (Wildman–Crippen MR) is 96.5 cm³/mol. The molecule has 0 spiro atoms. The first-order chi connectivity index (χ1) is 10.7. The third-order valence-corrected chi connectivity index (χ3v) is 4.25. The molecule has 0 radical (unpaired) electrons. The average Bonchev–Trinajstić information content (AvgIpc) is 3.37. The van der Waals surface area contributed by atoms with E-state index in [2.05, 4.69) is 17.4 Å². The summed E-state index contributed by atoms with van der Waals surface area (Å²) in [5, 5.41) is 3.21. The van der Waals surface area contributed by atoms with Gasteiger partial charge in [-0.25, -0.2) is 0 Å². The molecule has 3 rings (SSSR count). The summed E-state index contributed by atoms with van der Waals surface area (Å²) in [7, 11) is 0. The zero-order valence-electron chi connectivity index (χ0n) is 13.1. The zero-order valence-corrected chi connectivity index (χ0v) is 13.9. The van der Waals surface area contributed by atoms with Gasteiger partial charge in [0.05, 0.1) is 6.04 Å². The average molecular weight is 331 g/mol.